The first kappa shape index (κ1) is 25.6. The van der Waals surface area contributed by atoms with Crippen molar-refractivity contribution in [1.29, 1.82) is 0 Å². The van der Waals surface area contributed by atoms with Gasteiger partial charge in [-0.25, -0.2) is 4.98 Å². The Morgan fingerprint density at radius 2 is 1.40 bits per heavy atom. The summed E-state index contributed by atoms with van der Waals surface area (Å²) in [5.74, 6) is 0. The van der Waals surface area contributed by atoms with Crippen molar-refractivity contribution in [1.82, 2.24) is 14.1 Å². The number of nitrogens with zero attached hydrogens (tertiary/aromatic N) is 3. The molecule has 0 bridgehead atoms. The van der Waals surface area contributed by atoms with E-state index in [1.807, 2.05) is 0 Å². The molecule has 2 aliphatic rings. The molecule has 0 saturated heterocycles. The van der Waals surface area contributed by atoms with Crippen LogP contribution in [-0.4, -0.2) is 20.8 Å². The number of imidazole rings is 1. The lowest BCUT2D eigenvalue weighted by molar-refractivity contribution is 0.591. The number of rotatable bonds is 1. The van der Waals surface area contributed by atoms with Crippen LogP contribution in [0.25, 0.3) is 76.9 Å². The maximum absolute atomic E-state index is 5.04. The minimum absolute atomic E-state index is 0.00831. The molecule has 47 heavy (non-hydrogen) atoms. The maximum Gasteiger partial charge on any atom is 0.248 e. The molecule has 2 aliphatic heterocycles. The first-order valence-electron chi connectivity index (χ1n) is 16.6. The average Bonchev–Trinajstić information content (AvgIpc) is 3.78. The van der Waals surface area contributed by atoms with Gasteiger partial charge in [-0.15, -0.1) is 0 Å². The van der Waals surface area contributed by atoms with Crippen LogP contribution in [0.15, 0.2) is 128 Å². The van der Waals surface area contributed by atoms with Crippen molar-refractivity contribution in [3.05, 3.63) is 133 Å². The highest BCUT2D eigenvalue weighted by molar-refractivity contribution is 7.02. The molecule has 0 N–H and O–H groups in total. The fourth-order valence-corrected chi connectivity index (χ4v) is 8.85. The van der Waals surface area contributed by atoms with Crippen LogP contribution in [0.3, 0.4) is 0 Å². The van der Waals surface area contributed by atoms with Crippen molar-refractivity contribution in [3.63, 3.8) is 0 Å². The Kier molecular flexibility index (Phi) is 4.68. The molecule has 0 radical (unpaired) electrons. The van der Waals surface area contributed by atoms with Crippen molar-refractivity contribution < 1.29 is 0 Å². The molecule has 4 heteroatoms. The monoisotopic (exact) mass is 599 g/mol. The third-order valence-corrected chi connectivity index (χ3v) is 10.9. The zero-order valence-corrected chi connectivity index (χ0v) is 26.5. The van der Waals surface area contributed by atoms with Gasteiger partial charge in [-0.1, -0.05) is 111 Å². The van der Waals surface area contributed by atoms with Gasteiger partial charge in [0.15, 0.2) is 0 Å². The van der Waals surface area contributed by atoms with Crippen LogP contribution in [-0.2, 0) is 5.41 Å². The summed E-state index contributed by atoms with van der Waals surface area (Å²) in [6.45, 7) is 7.05. The third-order valence-electron chi connectivity index (χ3n) is 10.9. The summed E-state index contributed by atoms with van der Waals surface area (Å²) in [7, 11) is 0. The highest BCUT2D eigenvalue weighted by Gasteiger charge is 2.43. The van der Waals surface area contributed by atoms with Crippen LogP contribution in [0.5, 0.6) is 0 Å². The van der Waals surface area contributed by atoms with E-state index in [-0.39, 0.29) is 12.1 Å². The molecule has 3 nitrogen and oxygen atoms in total. The lowest BCUT2D eigenvalue weighted by atomic mass is 9.37. The van der Waals surface area contributed by atoms with E-state index in [0.717, 1.165) is 5.52 Å². The van der Waals surface area contributed by atoms with Gasteiger partial charge in [0.1, 0.15) is 6.33 Å². The van der Waals surface area contributed by atoms with Crippen LogP contribution < -0.4 is 16.4 Å². The van der Waals surface area contributed by atoms with Gasteiger partial charge in [-0.05, 0) is 91.0 Å². The summed E-state index contributed by atoms with van der Waals surface area (Å²) in [5.41, 5.74) is 15.5. The first-order chi connectivity index (χ1) is 23.0. The van der Waals surface area contributed by atoms with E-state index in [1.165, 1.54) is 93.3 Å². The molecule has 0 amide bonds. The van der Waals surface area contributed by atoms with E-state index >= 15 is 0 Å². The molecule has 0 fully saturated rings. The summed E-state index contributed by atoms with van der Waals surface area (Å²) in [6.07, 6.45) is 2.06. The number of aromatic nitrogens is 3. The highest BCUT2D eigenvalue weighted by atomic mass is 15.1. The predicted octanol–water partition coefficient (Wildman–Crippen LogP) is 8.54. The van der Waals surface area contributed by atoms with Gasteiger partial charge >= 0.3 is 0 Å². The second-order valence-corrected chi connectivity index (χ2v) is 14.4. The zero-order chi connectivity index (χ0) is 31.2. The van der Waals surface area contributed by atoms with Crippen LogP contribution in [0, 0.1) is 0 Å². The van der Waals surface area contributed by atoms with E-state index in [4.69, 9.17) is 4.98 Å². The average molecular weight is 600 g/mol. The summed E-state index contributed by atoms with van der Waals surface area (Å²) in [5, 5.41) is 7.81. The van der Waals surface area contributed by atoms with Gasteiger partial charge in [0.2, 0.25) is 6.71 Å². The number of fused-ring (bicyclic) bond motifs is 13. The van der Waals surface area contributed by atoms with Crippen molar-refractivity contribution in [2.75, 3.05) is 0 Å². The van der Waals surface area contributed by atoms with Crippen LogP contribution in [0.2, 0.25) is 0 Å². The second kappa shape index (κ2) is 8.60. The maximum atomic E-state index is 5.04. The first-order valence-corrected chi connectivity index (χ1v) is 16.6. The molecule has 220 valence electrons. The Hall–Kier alpha value is -5.61. The van der Waals surface area contributed by atoms with Crippen LogP contribution >= 0.6 is 0 Å². The smallest absolute Gasteiger partial charge is 0.248 e. The summed E-state index contributed by atoms with van der Waals surface area (Å²) < 4.78 is 4.83. The van der Waals surface area contributed by atoms with E-state index < -0.39 is 0 Å². The number of para-hydroxylation sites is 2. The lowest BCUT2D eigenvalue weighted by Gasteiger charge is -2.27. The Morgan fingerprint density at radius 3 is 2.26 bits per heavy atom. The Bertz CT molecular complexity index is 2830. The minimum atomic E-state index is 0.00831. The van der Waals surface area contributed by atoms with E-state index in [1.54, 1.807) is 0 Å². The van der Waals surface area contributed by atoms with Gasteiger partial charge < -0.3 is 4.57 Å². The van der Waals surface area contributed by atoms with E-state index in [0.29, 0.717) is 0 Å². The molecule has 4 heterocycles. The molecule has 0 spiro atoms. The molecule has 11 rings (SSSR count). The third kappa shape index (κ3) is 3.15. The van der Waals surface area contributed by atoms with Gasteiger partial charge in [0.25, 0.3) is 0 Å². The highest BCUT2D eigenvalue weighted by Crippen LogP contribution is 2.45. The SMILES string of the molecule is CC(C)(C)c1cc2c3c(c1)ncn3-c1cc3c(ccc4ccccc43)c3c1B2c1ccc2c(c1-3)c1ccccc1n2-c1ccccc1. The van der Waals surface area contributed by atoms with E-state index in [9.17, 15) is 0 Å². The van der Waals surface area contributed by atoms with E-state index in [2.05, 4.69) is 158 Å². The molecule has 9 aromatic rings. The van der Waals surface area contributed by atoms with Crippen LogP contribution in [0.1, 0.15) is 26.3 Å². The summed E-state index contributed by atoms with van der Waals surface area (Å²) in [6, 6.07) is 45.3. The minimum Gasteiger partial charge on any atom is -0.309 e. The number of hydrogen-bond donors (Lipinski definition) is 0. The molecule has 0 atom stereocenters. The van der Waals surface area contributed by atoms with Crippen LogP contribution in [0.4, 0.5) is 0 Å². The van der Waals surface area contributed by atoms with Crippen molar-refractivity contribution in [2.24, 2.45) is 0 Å². The number of hydrogen-bond acceptors (Lipinski definition) is 1. The van der Waals surface area contributed by atoms with Gasteiger partial charge in [-0.2, -0.15) is 0 Å². The standard InChI is InChI=1S/C43H30BN3/c1-43(2,3)26-21-33-42-34(22-26)45-24-46(42)37-23-31-28-14-8-7-11-25(28)17-18-29(31)39-40-32(44(33)41(37)39)19-20-36-38(40)30-15-9-10-16-35(30)47(36)27-12-5-4-6-13-27/h4-24H,1-3H3. The summed E-state index contributed by atoms with van der Waals surface area (Å²) in [4.78, 5) is 5.04. The molecule has 7 aromatic carbocycles. The molecule has 0 aliphatic carbocycles. The van der Waals surface area contributed by atoms with Crippen molar-refractivity contribution in [2.45, 2.75) is 26.2 Å². The normalized spacial score (nSPS) is 13.4. The fraction of sp³-hybridized carbons (Fsp3) is 0.0930. The summed E-state index contributed by atoms with van der Waals surface area (Å²) >= 11 is 0. The topological polar surface area (TPSA) is 22.8 Å². The molecule has 2 aromatic heterocycles. The second-order valence-electron chi connectivity index (χ2n) is 14.4. The Labute approximate surface area is 272 Å². The van der Waals surface area contributed by atoms with Gasteiger partial charge in [-0.3, -0.25) is 4.57 Å². The molecular formula is C43H30BN3. The van der Waals surface area contributed by atoms with Gasteiger partial charge in [0.05, 0.1) is 22.1 Å². The molecule has 0 unspecified atom stereocenters. The Morgan fingerprint density at radius 1 is 0.617 bits per heavy atom. The molecule has 0 saturated carbocycles. The molecular weight excluding hydrogens is 569 g/mol. The quantitative estimate of drug-likeness (QED) is 0.137. The largest absolute Gasteiger partial charge is 0.309 e. The van der Waals surface area contributed by atoms with Gasteiger partial charge in [0, 0.05) is 22.1 Å². The fourth-order valence-electron chi connectivity index (χ4n) is 8.85. The number of benzene rings is 7. The lowest BCUT2D eigenvalue weighted by Crippen LogP contribution is -2.53. The zero-order valence-electron chi connectivity index (χ0n) is 26.5. The Balaban J connectivity index is 1.38. The predicted molar refractivity (Wildman–Crippen MR) is 199 cm³/mol. The van der Waals surface area contributed by atoms with Crippen molar-refractivity contribution in [3.8, 4) is 22.5 Å². The van der Waals surface area contributed by atoms with Crippen molar-refractivity contribution >= 4 is 77.5 Å².